The molecule has 206 valence electrons. The molecule has 1 rings (SSSR count). The second kappa shape index (κ2) is 36.6. The van der Waals surface area contributed by atoms with E-state index in [9.17, 15) is 0 Å². The summed E-state index contributed by atoms with van der Waals surface area (Å²) in [5, 5.41) is 3.34. The van der Waals surface area contributed by atoms with Gasteiger partial charge in [0.25, 0.3) is 0 Å². The lowest BCUT2D eigenvalue weighted by Gasteiger charge is -2.03. The first-order chi connectivity index (χ1) is 16.5. The minimum atomic E-state index is 0.898. The molecule has 0 aromatic rings. The van der Waals surface area contributed by atoms with Crippen LogP contribution >= 0.6 is 0 Å². The van der Waals surface area contributed by atoms with Crippen LogP contribution < -0.4 is 5.32 Å². The molecule has 0 amide bonds. The topological polar surface area (TPSA) is 12.0 Å². The second-order valence-electron chi connectivity index (χ2n) is 9.21. The van der Waals surface area contributed by atoms with E-state index in [-0.39, 0.29) is 0 Å². The van der Waals surface area contributed by atoms with E-state index in [2.05, 4.69) is 113 Å². The number of hydrogen-bond donors (Lipinski definition) is 1. The van der Waals surface area contributed by atoms with Gasteiger partial charge in [0.2, 0.25) is 0 Å². The maximum absolute atomic E-state index is 4.01. The Morgan fingerprint density at radius 2 is 1.46 bits per heavy atom. The summed E-state index contributed by atoms with van der Waals surface area (Å²) in [6.45, 7) is 36.0. The van der Waals surface area contributed by atoms with Gasteiger partial charge < -0.3 is 5.32 Å². The normalized spacial score (nSPS) is 11.3. The summed E-state index contributed by atoms with van der Waals surface area (Å²) in [6, 6.07) is 0. The number of terminal acetylenes is 1. The van der Waals surface area contributed by atoms with Crippen LogP contribution in [-0.2, 0) is 0 Å². The fourth-order valence-corrected chi connectivity index (χ4v) is 2.76. The molecule has 1 N–H and O–H groups in total. The molecule has 1 aliphatic heterocycles. The van der Waals surface area contributed by atoms with Crippen molar-refractivity contribution in [2.45, 2.75) is 134 Å². The monoisotopic (exact) mass is 488 g/mol. The second-order valence-corrected chi connectivity index (χ2v) is 9.21. The third kappa shape index (κ3) is 42.7. The minimum Gasteiger partial charge on any atom is -0.388 e. The van der Waals surface area contributed by atoms with Crippen LogP contribution in [-0.4, -0.2) is 6.54 Å². The highest BCUT2D eigenvalue weighted by Gasteiger charge is 2.09. The van der Waals surface area contributed by atoms with Gasteiger partial charge in [-0.25, -0.2) is 0 Å². The van der Waals surface area contributed by atoms with E-state index >= 15 is 0 Å². The molecule has 0 aliphatic carbocycles. The number of rotatable bonds is 9. The van der Waals surface area contributed by atoms with Crippen LogP contribution in [0, 0.1) is 18.8 Å². The van der Waals surface area contributed by atoms with Crippen molar-refractivity contribution in [3.05, 3.63) is 59.9 Å². The highest BCUT2D eigenvalue weighted by molar-refractivity contribution is 5.21. The Hall–Kier alpha value is -1.94. The molecule has 1 heteroatoms. The Morgan fingerprint density at radius 1 is 0.971 bits per heavy atom. The van der Waals surface area contributed by atoms with Gasteiger partial charge in [-0.2, -0.15) is 0 Å². The average molecular weight is 488 g/mol. The lowest BCUT2D eigenvalue weighted by Crippen LogP contribution is -2.03. The molecular weight excluding hydrogens is 422 g/mol. The molecule has 1 heterocycles. The molecule has 0 aromatic heterocycles. The summed E-state index contributed by atoms with van der Waals surface area (Å²) in [5.74, 6) is 0.898. The summed E-state index contributed by atoms with van der Waals surface area (Å²) in [7, 11) is 0. The zero-order chi connectivity index (χ0) is 28.7. The molecule has 0 saturated heterocycles. The number of nitrogens with one attached hydrogen (secondary N) is 1. The Morgan fingerprint density at radius 3 is 1.63 bits per heavy atom. The van der Waals surface area contributed by atoms with E-state index in [0.29, 0.717) is 0 Å². The van der Waals surface area contributed by atoms with Gasteiger partial charge in [-0.15, -0.1) is 19.4 Å². The molecule has 0 radical (unpaired) electrons. The maximum atomic E-state index is 4.01. The predicted molar refractivity (Wildman–Crippen MR) is 169 cm³/mol. The largest absolute Gasteiger partial charge is 0.388 e. The van der Waals surface area contributed by atoms with Crippen molar-refractivity contribution in [3.8, 4) is 12.8 Å². The molecule has 1 aliphatic rings. The van der Waals surface area contributed by atoms with Crippen LogP contribution in [0.1, 0.15) is 134 Å². The third-order valence-electron chi connectivity index (χ3n) is 5.07. The van der Waals surface area contributed by atoms with E-state index < -0.39 is 0 Å². The van der Waals surface area contributed by atoms with Crippen molar-refractivity contribution in [2.24, 2.45) is 5.92 Å². The first kappa shape index (κ1) is 43.2. The quantitative estimate of drug-likeness (QED) is 0.252. The molecule has 35 heavy (non-hydrogen) atoms. The van der Waals surface area contributed by atoms with E-state index in [0.717, 1.165) is 38.1 Å². The van der Waals surface area contributed by atoms with E-state index in [1.54, 1.807) is 11.6 Å². The fraction of sp³-hybridized carbons (Fsp3) is 0.647. The summed E-state index contributed by atoms with van der Waals surface area (Å²) >= 11 is 0. The van der Waals surface area contributed by atoms with Gasteiger partial charge >= 0.3 is 0 Å². The molecule has 0 aromatic carbocycles. The van der Waals surface area contributed by atoms with Crippen LogP contribution in [0.5, 0.6) is 0 Å². The predicted octanol–water partition coefficient (Wildman–Crippen LogP) is 11.6. The lowest BCUT2D eigenvalue weighted by molar-refractivity contribution is 0.576. The van der Waals surface area contributed by atoms with Gasteiger partial charge in [0.15, 0.2) is 0 Å². The maximum Gasteiger partial charge on any atom is 0.0182 e. The highest BCUT2D eigenvalue weighted by Crippen LogP contribution is 2.21. The van der Waals surface area contributed by atoms with Gasteiger partial charge in [0.1, 0.15) is 0 Å². The molecular formula is C34H65N. The van der Waals surface area contributed by atoms with Crippen LogP contribution in [0.3, 0.4) is 0 Å². The van der Waals surface area contributed by atoms with Gasteiger partial charge in [-0.05, 0) is 71.3 Å². The van der Waals surface area contributed by atoms with Crippen molar-refractivity contribution in [1.29, 1.82) is 0 Å². The summed E-state index contributed by atoms with van der Waals surface area (Å²) in [6.07, 6.45) is 22.9. The van der Waals surface area contributed by atoms with Crippen molar-refractivity contribution in [1.82, 2.24) is 5.32 Å². The average Bonchev–Trinajstić information content (AvgIpc) is 3.24. The number of unbranched alkanes of at least 4 members (excludes halogenated alkanes) is 1. The van der Waals surface area contributed by atoms with Crippen molar-refractivity contribution in [2.75, 3.05) is 6.54 Å². The van der Waals surface area contributed by atoms with Crippen LogP contribution in [0.25, 0.3) is 0 Å². The van der Waals surface area contributed by atoms with Gasteiger partial charge in [-0.3, -0.25) is 0 Å². The van der Waals surface area contributed by atoms with Crippen LogP contribution in [0.15, 0.2) is 59.9 Å². The standard InChI is InChI=1S/C10H17N.C9H16.C6H14.C4H10.C3H6.C2H2/c1-4-8(2)7-10-5-6-11-9(10)3;1-5-9(6-2)7-8(3)4;1-4-5-6(2)3;1-3-4-2;1-3-2;1-2/h11H,2,4-7H2,1,3H3;5H,3,6-7H2,1-2,4H3;6H,4-5H2,1-3H3;3-4H2,1-2H3;3H,1H2,2H3;1-2H/b;9-5-;;;;. The summed E-state index contributed by atoms with van der Waals surface area (Å²) in [5.41, 5.74) is 7.02. The molecule has 0 spiro atoms. The summed E-state index contributed by atoms with van der Waals surface area (Å²) in [4.78, 5) is 0. The fourth-order valence-electron chi connectivity index (χ4n) is 2.76. The molecule has 0 bridgehead atoms. The molecule has 1 nitrogen and oxygen atoms in total. The minimum absolute atomic E-state index is 0.898. The van der Waals surface area contributed by atoms with E-state index in [4.69, 9.17) is 0 Å². The van der Waals surface area contributed by atoms with Gasteiger partial charge in [0, 0.05) is 12.2 Å². The first-order valence-corrected chi connectivity index (χ1v) is 13.8. The van der Waals surface area contributed by atoms with Crippen molar-refractivity contribution >= 4 is 0 Å². The Balaban J connectivity index is -0.000000113. The number of hydrogen-bond acceptors (Lipinski definition) is 1. The first-order valence-electron chi connectivity index (χ1n) is 13.8. The zero-order valence-corrected chi connectivity index (χ0v) is 26.1. The highest BCUT2D eigenvalue weighted by atomic mass is 14.9. The number of allylic oxidation sites excluding steroid dienone is 6. The Bertz CT molecular complexity index is 552. The van der Waals surface area contributed by atoms with E-state index in [1.165, 1.54) is 54.5 Å². The SMILES string of the molecule is C#C.C=C(C)C/C(=C\C)CC.C=C(CC)CC1=C(C)NCC1.C=CC.CCCC.CCCC(C)C. The van der Waals surface area contributed by atoms with Crippen molar-refractivity contribution in [3.63, 3.8) is 0 Å². The Kier molecular flexibility index (Phi) is 45.2. The van der Waals surface area contributed by atoms with E-state index in [1.807, 2.05) is 6.92 Å². The molecule has 0 fully saturated rings. The summed E-state index contributed by atoms with van der Waals surface area (Å²) < 4.78 is 0. The zero-order valence-electron chi connectivity index (χ0n) is 26.1. The van der Waals surface area contributed by atoms with Crippen LogP contribution in [0.2, 0.25) is 0 Å². The molecule has 0 saturated carbocycles. The van der Waals surface area contributed by atoms with Gasteiger partial charge in [0.05, 0.1) is 0 Å². The van der Waals surface area contributed by atoms with Crippen molar-refractivity contribution < 1.29 is 0 Å². The smallest absolute Gasteiger partial charge is 0.0182 e. The Labute approximate surface area is 224 Å². The van der Waals surface area contributed by atoms with Crippen LogP contribution in [0.4, 0.5) is 0 Å². The third-order valence-corrected chi connectivity index (χ3v) is 5.07. The van der Waals surface area contributed by atoms with Gasteiger partial charge in [-0.1, -0.05) is 116 Å². The molecule has 0 unspecified atom stereocenters. The lowest BCUT2D eigenvalue weighted by atomic mass is 10.0. The molecule has 0 atom stereocenters.